The summed E-state index contributed by atoms with van der Waals surface area (Å²) in [7, 11) is 0. The van der Waals surface area contributed by atoms with Gasteiger partial charge >= 0.3 is 11.9 Å². The summed E-state index contributed by atoms with van der Waals surface area (Å²) in [5.74, 6) is -2.11. The molecule has 120 valence electrons. The number of rotatable bonds is 4. The third kappa shape index (κ3) is 4.07. The second kappa shape index (κ2) is 6.48. The van der Waals surface area contributed by atoms with Crippen molar-refractivity contribution in [1.29, 1.82) is 0 Å². The number of hydrogen-bond acceptors (Lipinski definition) is 4. The van der Waals surface area contributed by atoms with E-state index in [4.69, 9.17) is 4.74 Å². The Morgan fingerprint density at radius 2 is 1.86 bits per heavy atom. The Kier molecular flexibility index (Phi) is 4.86. The molecule has 5 nitrogen and oxygen atoms in total. The molecule has 1 fully saturated rings. The van der Waals surface area contributed by atoms with Crippen molar-refractivity contribution in [2.45, 2.75) is 45.3 Å². The van der Waals surface area contributed by atoms with Gasteiger partial charge in [0.25, 0.3) is 0 Å². The fourth-order valence-electron chi connectivity index (χ4n) is 3.13. The first-order chi connectivity index (χ1) is 10.3. The van der Waals surface area contributed by atoms with Gasteiger partial charge < -0.3 is 14.9 Å². The van der Waals surface area contributed by atoms with E-state index in [2.05, 4.69) is 0 Å². The highest BCUT2D eigenvalue weighted by molar-refractivity contribution is 5.76. The molecule has 0 bridgehead atoms. The van der Waals surface area contributed by atoms with E-state index in [1.807, 2.05) is 13.8 Å². The molecule has 0 heterocycles. The van der Waals surface area contributed by atoms with Crippen LogP contribution in [0.1, 0.15) is 44.8 Å². The van der Waals surface area contributed by atoms with Gasteiger partial charge in [-0.15, -0.1) is 0 Å². The van der Waals surface area contributed by atoms with E-state index in [1.54, 1.807) is 30.3 Å². The van der Waals surface area contributed by atoms with Crippen molar-refractivity contribution in [3.05, 3.63) is 35.9 Å². The molecule has 0 saturated heterocycles. The zero-order valence-electron chi connectivity index (χ0n) is 12.9. The van der Waals surface area contributed by atoms with Crippen molar-refractivity contribution in [1.82, 2.24) is 0 Å². The third-order valence-corrected chi connectivity index (χ3v) is 4.10. The van der Waals surface area contributed by atoms with E-state index in [1.165, 1.54) is 0 Å². The number of carboxylic acids is 1. The van der Waals surface area contributed by atoms with Crippen LogP contribution < -0.4 is 0 Å². The van der Waals surface area contributed by atoms with Gasteiger partial charge in [0.2, 0.25) is 0 Å². The van der Waals surface area contributed by atoms with E-state index in [0.717, 1.165) is 0 Å². The van der Waals surface area contributed by atoms with E-state index in [-0.39, 0.29) is 5.41 Å². The van der Waals surface area contributed by atoms with Gasteiger partial charge in [-0.3, -0.25) is 4.79 Å². The minimum atomic E-state index is -1.34. The molecule has 0 aliphatic heterocycles. The molecule has 0 amide bonds. The van der Waals surface area contributed by atoms with Crippen LogP contribution >= 0.6 is 0 Å². The Morgan fingerprint density at radius 3 is 2.45 bits per heavy atom. The standard InChI is InChI=1S/C17H22O5/c1-17(2)9-12(15(19)20)8-13(10-17)22-16(21)14(18)11-6-4-3-5-7-11/h3-7,12-14,18H,8-10H2,1-2H3,(H,19,20). The number of aliphatic carboxylic acids is 1. The Labute approximate surface area is 129 Å². The van der Waals surface area contributed by atoms with Crippen LogP contribution in [0.5, 0.6) is 0 Å². The number of benzene rings is 1. The molecule has 1 aromatic rings. The largest absolute Gasteiger partial charge is 0.481 e. The van der Waals surface area contributed by atoms with E-state index < -0.39 is 30.1 Å². The summed E-state index contributed by atoms with van der Waals surface area (Å²) in [6, 6.07) is 8.56. The molecule has 3 unspecified atom stereocenters. The predicted molar refractivity (Wildman–Crippen MR) is 80.0 cm³/mol. The van der Waals surface area contributed by atoms with Gasteiger partial charge in [0, 0.05) is 0 Å². The number of aliphatic hydroxyl groups excluding tert-OH is 1. The van der Waals surface area contributed by atoms with Crippen LogP contribution in [-0.4, -0.2) is 28.3 Å². The summed E-state index contributed by atoms with van der Waals surface area (Å²) in [4.78, 5) is 23.3. The minimum Gasteiger partial charge on any atom is -0.481 e. The maximum atomic E-state index is 12.1. The van der Waals surface area contributed by atoms with Crippen LogP contribution in [0.3, 0.4) is 0 Å². The Morgan fingerprint density at radius 1 is 1.23 bits per heavy atom. The first-order valence-corrected chi connectivity index (χ1v) is 7.45. The maximum Gasteiger partial charge on any atom is 0.339 e. The third-order valence-electron chi connectivity index (χ3n) is 4.10. The fourth-order valence-corrected chi connectivity index (χ4v) is 3.13. The van der Waals surface area contributed by atoms with Crippen LogP contribution in [0.15, 0.2) is 30.3 Å². The van der Waals surface area contributed by atoms with Crippen LogP contribution in [0.2, 0.25) is 0 Å². The van der Waals surface area contributed by atoms with E-state index >= 15 is 0 Å². The van der Waals surface area contributed by atoms with Crippen LogP contribution in [0.4, 0.5) is 0 Å². The van der Waals surface area contributed by atoms with Gasteiger partial charge in [-0.05, 0) is 30.2 Å². The average Bonchev–Trinajstić information content (AvgIpc) is 2.45. The number of carboxylic acid groups (broad SMARTS) is 1. The van der Waals surface area contributed by atoms with Crippen LogP contribution in [0, 0.1) is 11.3 Å². The minimum absolute atomic E-state index is 0.204. The van der Waals surface area contributed by atoms with Crippen molar-refractivity contribution in [3.63, 3.8) is 0 Å². The summed E-state index contributed by atoms with van der Waals surface area (Å²) >= 11 is 0. The summed E-state index contributed by atoms with van der Waals surface area (Å²) in [5, 5.41) is 19.3. The lowest BCUT2D eigenvalue weighted by atomic mass is 9.71. The first kappa shape index (κ1) is 16.5. The number of esters is 1. The predicted octanol–water partition coefficient (Wildman–Crippen LogP) is 2.54. The molecule has 1 aromatic carbocycles. The summed E-state index contributed by atoms with van der Waals surface area (Å²) in [6.07, 6.45) is -0.349. The first-order valence-electron chi connectivity index (χ1n) is 7.45. The number of carbonyl (C=O) groups is 2. The van der Waals surface area contributed by atoms with Crippen LogP contribution in [-0.2, 0) is 14.3 Å². The Bertz CT molecular complexity index is 537. The van der Waals surface area contributed by atoms with Gasteiger partial charge in [-0.25, -0.2) is 4.79 Å². The molecule has 2 N–H and O–H groups in total. The lowest BCUT2D eigenvalue weighted by Gasteiger charge is -2.38. The van der Waals surface area contributed by atoms with Crippen molar-refractivity contribution in [3.8, 4) is 0 Å². The number of carbonyl (C=O) groups excluding carboxylic acids is 1. The molecule has 0 radical (unpaired) electrons. The highest BCUT2D eigenvalue weighted by Gasteiger charge is 2.39. The van der Waals surface area contributed by atoms with E-state index in [0.29, 0.717) is 24.8 Å². The topological polar surface area (TPSA) is 83.8 Å². The van der Waals surface area contributed by atoms with E-state index in [9.17, 15) is 19.8 Å². The quantitative estimate of drug-likeness (QED) is 0.835. The van der Waals surface area contributed by atoms with Gasteiger partial charge in [0.15, 0.2) is 6.10 Å². The highest BCUT2D eigenvalue weighted by Crippen LogP contribution is 2.40. The summed E-state index contributed by atoms with van der Waals surface area (Å²) in [5.41, 5.74) is 0.265. The fraction of sp³-hybridized carbons (Fsp3) is 0.529. The molecule has 3 atom stereocenters. The normalized spacial score (nSPS) is 25.2. The van der Waals surface area contributed by atoms with Gasteiger partial charge in [0.05, 0.1) is 5.92 Å². The zero-order chi connectivity index (χ0) is 16.3. The summed E-state index contributed by atoms with van der Waals surface area (Å²) < 4.78 is 5.37. The zero-order valence-corrected chi connectivity index (χ0v) is 12.9. The lowest BCUT2D eigenvalue weighted by Crippen LogP contribution is -2.38. The molecule has 1 aliphatic rings. The number of hydrogen-bond donors (Lipinski definition) is 2. The average molecular weight is 306 g/mol. The van der Waals surface area contributed by atoms with Crippen molar-refractivity contribution < 1.29 is 24.5 Å². The molecule has 1 aliphatic carbocycles. The van der Waals surface area contributed by atoms with Gasteiger partial charge in [-0.1, -0.05) is 44.2 Å². The van der Waals surface area contributed by atoms with Gasteiger partial charge in [-0.2, -0.15) is 0 Å². The maximum absolute atomic E-state index is 12.1. The van der Waals surface area contributed by atoms with Crippen molar-refractivity contribution >= 4 is 11.9 Å². The smallest absolute Gasteiger partial charge is 0.339 e. The molecule has 2 rings (SSSR count). The molecular formula is C17H22O5. The SMILES string of the molecule is CC1(C)CC(OC(=O)C(O)c2ccccc2)CC(C(=O)O)C1. The molecule has 0 aromatic heterocycles. The second-order valence-electron chi connectivity index (χ2n) is 6.72. The van der Waals surface area contributed by atoms with Crippen molar-refractivity contribution in [2.24, 2.45) is 11.3 Å². The molecule has 5 heteroatoms. The highest BCUT2D eigenvalue weighted by atomic mass is 16.6. The Balaban J connectivity index is 2.02. The lowest BCUT2D eigenvalue weighted by molar-refractivity contribution is -0.167. The van der Waals surface area contributed by atoms with Crippen molar-refractivity contribution in [2.75, 3.05) is 0 Å². The Hall–Kier alpha value is -1.88. The van der Waals surface area contributed by atoms with Crippen LogP contribution in [0.25, 0.3) is 0 Å². The number of ether oxygens (including phenoxy) is 1. The molecule has 22 heavy (non-hydrogen) atoms. The summed E-state index contributed by atoms with van der Waals surface area (Å²) in [6.45, 7) is 3.94. The van der Waals surface area contributed by atoms with Gasteiger partial charge in [0.1, 0.15) is 6.10 Å². The molecule has 0 spiro atoms. The molecular weight excluding hydrogens is 284 g/mol. The number of aliphatic hydroxyl groups is 1. The monoisotopic (exact) mass is 306 g/mol. The second-order valence-corrected chi connectivity index (χ2v) is 6.72. The molecule has 1 saturated carbocycles.